The molecular formula is C10H15N3O2S. The number of thiazole rings is 1. The third-order valence-corrected chi connectivity index (χ3v) is 3.73. The minimum atomic E-state index is -0.874. The standard InChI is InChI=1S/C10H15N3O2S/c1-7-9(10(14)15)16-8(12-7)6-13-4-2-11-3-5-13/h11H,2-6H2,1H3,(H,14,15). The molecule has 0 bridgehead atoms. The van der Waals surface area contributed by atoms with Gasteiger partial charge in [0.05, 0.1) is 12.2 Å². The number of carboxylic acid groups (broad SMARTS) is 1. The highest BCUT2D eigenvalue weighted by atomic mass is 32.1. The van der Waals surface area contributed by atoms with Crippen LogP contribution in [-0.2, 0) is 6.54 Å². The van der Waals surface area contributed by atoms with Crippen LogP contribution in [0.1, 0.15) is 20.4 Å². The molecular weight excluding hydrogens is 226 g/mol. The third-order valence-electron chi connectivity index (χ3n) is 2.60. The zero-order valence-corrected chi connectivity index (χ0v) is 10.0. The highest BCUT2D eigenvalue weighted by Crippen LogP contribution is 2.19. The molecule has 16 heavy (non-hydrogen) atoms. The minimum absolute atomic E-state index is 0.366. The number of aromatic carboxylic acids is 1. The Labute approximate surface area is 98.1 Å². The van der Waals surface area contributed by atoms with E-state index < -0.39 is 5.97 Å². The van der Waals surface area contributed by atoms with Crippen molar-refractivity contribution in [3.8, 4) is 0 Å². The molecule has 0 spiro atoms. The Morgan fingerprint density at radius 2 is 2.25 bits per heavy atom. The lowest BCUT2D eigenvalue weighted by atomic mass is 10.3. The molecule has 0 aromatic carbocycles. The summed E-state index contributed by atoms with van der Waals surface area (Å²) in [6.45, 7) is 6.51. The molecule has 2 N–H and O–H groups in total. The molecule has 0 amide bonds. The van der Waals surface area contributed by atoms with Crippen molar-refractivity contribution < 1.29 is 9.90 Å². The Bertz CT molecular complexity index is 385. The topological polar surface area (TPSA) is 65.5 Å². The number of hydrogen-bond donors (Lipinski definition) is 2. The number of carbonyl (C=O) groups is 1. The lowest BCUT2D eigenvalue weighted by Gasteiger charge is -2.26. The van der Waals surface area contributed by atoms with Gasteiger partial charge in [0.2, 0.25) is 0 Å². The van der Waals surface area contributed by atoms with Crippen molar-refractivity contribution in [2.75, 3.05) is 26.2 Å². The molecule has 2 heterocycles. The first kappa shape index (κ1) is 11.5. The lowest BCUT2D eigenvalue weighted by Crippen LogP contribution is -2.42. The first-order valence-corrected chi connectivity index (χ1v) is 6.11. The van der Waals surface area contributed by atoms with E-state index in [0.29, 0.717) is 10.6 Å². The highest BCUT2D eigenvalue weighted by Gasteiger charge is 2.16. The van der Waals surface area contributed by atoms with Gasteiger partial charge in [-0.15, -0.1) is 11.3 Å². The van der Waals surface area contributed by atoms with Crippen LogP contribution < -0.4 is 5.32 Å². The molecule has 88 valence electrons. The maximum atomic E-state index is 10.9. The monoisotopic (exact) mass is 241 g/mol. The van der Waals surface area contributed by atoms with Gasteiger partial charge in [0.25, 0.3) is 0 Å². The number of rotatable bonds is 3. The molecule has 1 aromatic rings. The molecule has 6 heteroatoms. The van der Waals surface area contributed by atoms with Crippen LogP contribution in [0, 0.1) is 6.92 Å². The van der Waals surface area contributed by atoms with E-state index in [1.54, 1.807) is 6.92 Å². The van der Waals surface area contributed by atoms with E-state index in [0.717, 1.165) is 37.7 Å². The van der Waals surface area contributed by atoms with Crippen molar-refractivity contribution in [1.82, 2.24) is 15.2 Å². The third kappa shape index (κ3) is 2.58. The van der Waals surface area contributed by atoms with E-state index in [1.807, 2.05) is 0 Å². The number of carboxylic acids is 1. The average Bonchev–Trinajstić information content (AvgIpc) is 2.61. The van der Waals surface area contributed by atoms with E-state index in [9.17, 15) is 4.79 Å². The second kappa shape index (κ2) is 4.90. The largest absolute Gasteiger partial charge is 0.477 e. The van der Waals surface area contributed by atoms with Crippen LogP contribution >= 0.6 is 11.3 Å². The molecule has 0 radical (unpaired) electrons. The van der Waals surface area contributed by atoms with Crippen LogP contribution in [-0.4, -0.2) is 47.1 Å². The van der Waals surface area contributed by atoms with Crippen molar-refractivity contribution in [1.29, 1.82) is 0 Å². The fourth-order valence-corrected chi connectivity index (χ4v) is 2.72. The average molecular weight is 241 g/mol. The Kier molecular flexibility index (Phi) is 3.52. The van der Waals surface area contributed by atoms with Gasteiger partial charge in [0, 0.05) is 26.2 Å². The van der Waals surface area contributed by atoms with Crippen molar-refractivity contribution >= 4 is 17.3 Å². The van der Waals surface area contributed by atoms with E-state index in [-0.39, 0.29) is 0 Å². The van der Waals surface area contributed by atoms with E-state index in [2.05, 4.69) is 15.2 Å². The molecule has 1 aromatic heterocycles. The fraction of sp³-hybridized carbons (Fsp3) is 0.600. The van der Waals surface area contributed by atoms with Crippen LogP contribution in [0.25, 0.3) is 0 Å². The second-order valence-electron chi connectivity index (χ2n) is 3.85. The fourth-order valence-electron chi connectivity index (χ4n) is 1.78. The zero-order valence-electron chi connectivity index (χ0n) is 9.19. The molecule has 1 fully saturated rings. The first-order valence-electron chi connectivity index (χ1n) is 5.29. The van der Waals surface area contributed by atoms with E-state index in [1.165, 1.54) is 11.3 Å². The summed E-state index contributed by atoms with van der Waals surface area (Å²) in [4.78, 5) is 17.8. The van der Waals surface area contributed by atoms with Gasteiger partial charge in [-0.3, -0.25) is 4.90 Å². The van der Waals surface area contributed by atoms with Crippen molar-refractivity contribution in [2.24, 2.45) is 0 Å². The maximum absolute atomic E-state index is 10.9. The van der Waals surface area contributed by atoms with Gasteiger partial charge in [-0.1, -0.05) is 0 Å². The molecule has 0 atom stereocenters. The Morgan fingerprint density at radius 3 is 2.81 bits per heavy atom. The van der Waals surface area contributed by atoms with E-state index in [4.69, 9.17) is 5.11 Å². The smallest absolute Gasteiger partial charge is 0.347 e. The number of aryl methyl sites for hydroxylation is 1. The van der Waals surface area contributed by atoms with E-state index >= 15 is 0 Å². The van der Waals surface area contributed by atoms with Crippen LogP contribution in [0.15, 0.2) is 0 Å². The van der Waals surface area contributed by atoms with Gasteiger partial charge < -0.3 is 10.4 Å². The highest BCUT2D eigenvalue weighted by molar-refractivity contribution is 7.13. The molecule has 1 saturated heterocycles. The minimum Gasteiger partial charge on any atom is -0.477 e. The summed E-state index contributed by atoms with van der Waals surface area (Å²) in [5, 5.41) is 13.1. The number of nitrogens with one attached hydrogen (secondary N) is 1. The molecule has 2 rings (SSSR count). The molecule has 0 unspecified atom stereocenters. The summed E-state index contributed by atoms with van der Waals surface area (Å²) in [5.41, 5.74) is 0.627. The molecule has 0 saturated carbocycles. The van der Waals surface area contributed by atoms with Crippen molar-refractivity contribution in [2.45, 2.75) is 13.5 Å². The number of nitrogens with zero attached hydrogens (tertiary/aromatic N) is 2. The van der Waals surface area contributed by atoms with Gasteiger partial charge in [-0.05, 0) is 6.92 Å². The summed E-state index contributed by atoms with van der Waals surface area (Å²) in [7, 11) is 0. The Hall–Kier alpha value is -0.980. The van der Waals surface area contributed by atoms with Crippen LogP contribution in [0.4, 0.5) is 0 Å². The predicted molar refractivity (Wildman–Crippen MR) is 62.0 cm³/mol. The SMILES string of the molecule is Cc1nc(CN2CCNCC2)sc1C(=O)O. The first-order chi connectivity index (χ1) is 7.66. The summed E-state index contributed by atoms with van der Waals surface area (Å²) in [6.07, 6.45) is 0. The van der Waals surface area contributed by atoms with Crippen LogP contribution in [0.2, 0.25) is 0 Å². The summed E-state index contributed by atoms with van der Waals surface area (Å²) in [5.74, 6) is -0.874. The Balaban J connectivity index is 2.03. The number of piperazine rings is 1. The molecule has 1 aliphatic rings. The van der Waals surface area contributed by atoms with Gasteiger partial charge in [-0.25, -0.2) is 9.78 Å². The Morgan fingerprint density at radius 1 is 1.56 bits per heavy atom. The molecule has 5 nitrogen and oxygen atoms in total. The van der Waals surface area contributed by atoms with Gasteiger partial charge >= 0.3 is 5.97 Å². The number of hydrogen-bond acceptors (Lipinski definition) is 5. The quantitative estimate of drug-likeness (QED) is 0.809. The lowest BCUT2D eigenvalue weighted by molar-refractivity contribution is 0.0701. The molecule has 0 aliphatic carbocycles. The maximum Gasteiger partial charge on any atom is 0.347 e. The summed E-state index contributed by atoms with van der Waals surface area (Å²) >= 11 is 1.29. The van der Waals surface area contributed by atoms with Gasteiger partial charge in [0.15, 0.2) is 0 Å². The number of aromatic nitrogens is 1. The summed E-state index contributed by atoms with van der Waals surface area (Å²) in [6, 6.07) is 0. The molecule has 1 aliphatic heterocycles. The zero-order chi connectivity index (χ0) is 11.5. The summed E-state index contributed by atoms with van der Waals surface area (Å²) < 4.78 is 0. The normalized spacial score (nSPS) is 17.6. The van der Waals surface area contributed by atoms with Crippen LogP contribution in [0.5, 0.6) is 0 Å². The van der Waals surface area contributed by atoms with Crippen LogP contribution in [0.3, 0.4) is 0 Å². The second-order valence-corrected chi connectivity index (χ2v) is 4.94. The van der Waals surface area contributed by atoms with Crippen molar-refractivity contribution in [3.63, 3.8) is 0 Å². The van der Waals surface area contributed by atoms with Gasteiger partial charge in [-0.2, -0.15) is 0 Å². The van der Waals surface area contributed by atoms with Gasteiger partial charge in [0.1, 0.15) is 9.88 Å². The van der Waals surface area contributed by atoms with Crippen molar-refractivity contribution in [3.05, 3.63) is 15.6 Å². The predicted octanol–water partition coefficient (Wildman–Crippen LogP) is 0.555.